The number of aromatic hydroxyl groups is 1. The van der Waals surface area contributed by atoms with E-state index in [9.17, 15) is 9.90 Å². The molecule has 0 atom stereocenters. The van der Waals surface area contributed by atoms with Gasteiger partial charge in [0.2, 0.25) is 11.0 Å². The molecular formula is C16H15N3O3S. The molecule has 23 heavy (non-hydrogen) atoms. The second kappa shape index (κ2) is 6.00. The molecule has 0 saturated heterocycles. The molecule has 3 aromatic rings. The van der Waals surface area contributed by atoms with Crippen molar-refractivity contribution in [2.24, 2.45) is 0 Å². The van der Waals surface area contributed by atoms with Gasteiger partial charge in [-0.25, -0.2) is 15.0 Å². The van der Waals surface area contributed by atoms with Gasteiger partial charge in [-0.15, -0.1) is 0 Å². The fourth-order valence-corrected chi connectivity index (χ4v) is 2.81. The molecule has 0 bridgehead atoms. The van der Waals surface area contributed by atoms with E-state index in [1.54, 1.807) is 13.0 Å². The van der Waals surface area contributed by atoms with Crippen molar-refractivity contribution in [3.63, 3.8) is 0 Å². The van der Waals surface area contributed by atoms with Gasteiger partial charge in [0.25, 0.3) is 0 Å². The second-order valence-corrected chi connectivity index (χ2v) is 6.24. The monoisotopic (exact) mass is 329 g/mol. The van der Waals surface area contributed by atoms with Gasteiger partial charge in [0.05, 0.1) is 11.8 Å². The van der Waals surface area contributed by atoms with Crippen LogP contribution < -0.4 is 0 Å². The van der Waals surface area contributed by atoms with E-state index in [0.717, 1.165) is 5.56 Å². The van der Waals surface area contributed by atoms with Crippen molar-refractivity contribution in [1.29, 1.82) is 0 Å². The normalized spacial score (nSPS) is 11.1. The Morgan fingerprint density at radius 1 is 1.30 bits per heavy atom. The van der Waals surface area contributed by atoms with Crippen molar-refractivity contribution in [2.75, 3.05) is 5.75 Å². The highest BCUT2D eigenvalue weighted by molar-refractivity contribution is 8.14. The Kier molecular flexibility index (Phi) is 4.04. The van der Waals surface area contributed by atoms with E-state index in [4.69, 9.17) is 4.42 Å². The summed E-state index contributed by atoms with van der Waals surface area (Å²) in [6.07, 6.45) is 1.30. The van der Waals surface area contributed by atoms with Crippen molar-refractivity contribution < 1.29 is 14.3 Å². The molecule has 0 aliphatic rings. The first-order chi connectivity index (χ1) is 11.0. The van der Waals surface area contributed by atoms with Gasteiger partial charge < -0.3 is 9.52 Å². The van der Waals surface area contributed by atoms with Crippen LogP contribution in [0.5, 0.6) is 5.75 Å². The summed E-state index contributed by atoms with van der Waals surface area (Å²) in [6, 6.07) is 3.58. The maximum Gasteiger partial charge on any atom is 0.250 e. The van der Waals surface area contributed by atoms with Crippen molar-refractivity contribution in [2.45, 2.75) is 20.8 Å². The number of carbonyl (C=O) groups is 1. The van der Waals surface area contributed by atoms with Crippen molar-refractivity contribution >= 4 is 28.0 Å². The van der Waals surface area contributed by atoms with Crippen molar-refractivity contribution in [3.05, 3.63) is 35.3 Å². The Balaban J connectivity index is 2.22. The maximum absolute atomic E-state index is 12.2. The van der Waals surface area contributed by atoms with Crippen molar-refractivity contribution in [1.82, 2.24) is 15.0 Å². The van der Waals surface area contributed by atoms with Crippen LogP contribution in [0.15, 0.2) is 22.7 Å². The molecule has 1 aromatic carbocycles. The second-order valence-electron chi connectivity index (χ2n) is 5.00. The minimum atomic E-state index is -0.115. The number of rotatable bonds is 3. The Morgan fingerprint density at radius 2 is 2.09 bits per heavy atom. The number of thioether (sulfide) groups is 1. The molecule has 0 unspecified atom stereocenters. The molecule has 0 radical (unpaired) electrons. The fourth-order valence-electron chi connectivity index (χ4n) is 2.23. The highest BCUT2D eigenvalue weighted by atomic mass is 32.2. The predicted molar refractivity (Wildman–Crippen MR) is 88.6 cm³/mol. The van der Waals surface area contributed by atoms with Crippen LogP contribution in [0.1, 0.15) is 28.7 Å². The molecule has 0 aliphatic heterocycles. The van der Waals surface area contributed by atoms with Crippen LogP contribution in [0.3, 0.4) is 0 Å². The smallest absolute Gasteiger partial charge is 0.250 e. The maximum atomic E-state index is 12.2. The molecule has 0 amide bonds. The topological polar surface area (TPSA) is 89.1 Å². The summed E-state index contributed by atoms with van der Waals surface area (Å²) in [4.78, 5) is 24.7. The van der Waals surface area contributed by atoms with Gasteiger partial charge in [0.1, 0.15) is 11.3 Å². The van der Waals surface area contributed by atoms with Gasteiger partial charge in [-0.05, 0) is 31.2 Å². The number of hydrogen-bond donors (Lipinski definition) is 1. The van der Waals surface area contributed by atoms with Crippen LogP contribution in [0.4, 0.5) is 0 Å². The molecule has 1 N–H and O–H groups in total. The van der Waals surface area contributed by atoms with Gasteiger partial charge >= 0.3 is 0 Å². The van der Waals surface area contributed by atoms with E-state index in [1.165, 1.54) is 18.0 Å². The van der Waals surface area contributed by atoms with Crippen LogP contribution in [0.25, 0.3) is 22.7 Å². The van der Waals surface area contributed by atoms with E-state index in [1.807, 2.05) is 19.9 Å². The third kappa shape index (κ3) is 2.79. The van der Waals surface area contributed by atoms with E-state index in [2.05, 4.69) is 15.0 Å². The Bertz CT molecular complexity index is 905. The number of hydrogen-bond acceptors (Lipinski definition) is 7. The summed E-state index contributed by atoms with van der Waals surface area (Å²) in [5.41, 5.74) is 2.59. The van der Waals surface area contributed by atoms with Gasteiger partial charge in [-0.2, -0.15) is 0 Å². The first-order valence-corrected chi connectivity index (χ1v) is 8.10. The first-order valence-electron chi connectivity index (χ1n) is 7.11. The predicted octanol–water partition coefficient (Wildman–Crippen LogP) is 3.50. The highest BCUT2D eigenvalue weighted by Gasteiger charge is 2.20. The summed E-state index contributed by atoms with van der Waals surface area (Å²) in [5, 5.41) is 9.89. The third-order valence-electron chi connectivity index (χ3n) is 3.33. The molecule has 3 rings (SSSR count). The molecular weight excluding hydrogens is 314 g/mol. The van der Waals surface area contributed by atoms with Crippen LogP contribution in [-0.4, -0.2) is 30.9 Å². The zero-order valence-electron chi connectivity index (χ0n) is 13.0. The van der Waals surface area contributed by atoms with Crippen LogP contribution in [0, 0.1) is 13.8 Å². The average Bonchev–Trinajstić information content (AvgIpc) is 2.96. The molecule has 118 valence electrons. The minimum Gasteiger partial charge on any atom is -0.504 e. The van der Waals surface area contributed by atoms with E-state index >= 15 is 0 Å². The molecule has 0 aliphatic carbocycles. The standard InChI is InChI=1S/C16H15N3O3S/c1-4-23-16(21)10-6-5-8(2)14-12(10)19-15(22-14)13-11(20)7-17-9(3)18-13/h5-7,20H,4H2,1-3H3. The lowest BCUT2D eigenvalue weighted by atomic mass is 10.1. The number of carbonyl (C=O) groups excluding carboxylic acids is 1. The Morgan fingerprint density at radius 3 is 2.83 bits per heavy atom. The number of benzene rings is 1. The molecule has 2 aromatic heterocycles. The summed E-state index contributed by atoms with van der Waals surface area (Å²) < 4.78 is 5.77. The zero-order valence-corrected chi connectivity index (χ0v) is 13.8. The first kappa shape index (κ1) is 15.5. The number of aryl methyl sites for hydroxylation is 2. The Labute approximate surface area is 137 Å². The van der Waals surface area contributed by atoms with Gasteiger partial charge in [-0.1, -0.05) is 24.8 Å². The van der Waals surface area contributed by atoms with E-state index < -0.39 is 0 Å². The van der Waals surface area contributed by atoms with Gasteiger partial charge in [0.15, 0.2) is 17.0 Å². The number of nitrogens with zero attached hydrogens (tertiary/aromatic N) is 3. The largest absolute Gasteiger partial charge is 0.504 e. The van der Waals surface area contributed by atoms with E-state index in [-0.39, 0.29) is 22.4 Å². The van der Waals surface area contributed by atoms with Gasteiger partial charge in [-0.3, -0.25) is 4.79 Å². The minimum absolute atomic E-state index is 0.0551. The summed E-state index contributed by atoms with van der Waals surface area (Å²) in [5.74, 6) is 1.24. The molecule has 2 heterocycles. The SMILES string of the molecule is CCSC(=O)c1ccc(C)c2oc(-c3nc(C)ncc3O)nc12. The van der Waals surface area contributed by atoms with Crippen LogP contribution in [-0.2, 0) is 0 Å². The molecule has 7 heteroatoms. The summed E-state index contributed by atoms with van der Waals surface area (Å²) >= 11 is 1.22. The lowest BCUT2D eigenvalue weighted by Gasteiger charge is -2.00. The molecule has 0 spiro atoms. The average molecular weight is 329 g/mol. The lowest BCUT2D eigenvalue weighted by Crippen LogP contribution is -1.96. The fraction of sp³-hybridized carbons (Fsp3) is 0.250. The lowest BCUT2D eigenvalue weighted by molar-refractivity contribution is 0.109. The molecule has 0 saturated carbocycles. The number of aromatic nitrogens is 3. The van der Waals surface area contributed by atoms with Crippen LogP contribution in [0.2, 0.25) is 0 Å². The third-order valence-corrected chi connectivity index (χ3v) is 4.10. The number of oxazole rings is 1. The zero-order chi connectivity index (χ0) is 16.6. The molecule has 0 fully saturated rings. The highest BCUT2D eigenvalue weighted by Crippen LogP contribution is 2.32. The quantitative estimate of drug-likeness (QED) is 0.786. The summed E-state index contributed by atoms with van der Waals surface area (Å²) in [7, 11) is 0. The van der Waals surface area contributed by atoms with Crippen molar-refractivity contribution in [3.8, 4) is 17.3 Å². The molecule has 6 nitrogen and oxygen atoms in total. The van der Waals surface area contributed by atoms with Crippen LogP contribution >= 0.6 is 11.8 Å². The van der Waals surface area contributed by atoms with Gasteiger partial charge in [0, 0.05) is 0 Å². The summed E-state index contributed by atoms with van der Waals surface area (Å²) in [6.45, 7) is 5.51. The van der Waals surface area contributed by atoms with E-state index in [0.29, 0.717) is 28.2 Å². The Hall–Kier alpha value is -2.41. The number of fused-ring (bicyclic) bond motifs is 1.